The van der Waals surface area contributed by atoms with Crippen molar-refractivity contribution in [3.8, 4) is 22.9 Å². The first-order valence-corrected chi connectivity index (χ1v) is 9.31. The molecular weight excluding hydrogens is 365 g/mol. The van der Waals surface area contributed by atoms with Gasteiger partial charge in [0.1, 0.15) is 12.1 Å². The second-order valence-electron chi connectivity index (χ2n) is 6.19. The van der Waals surface area contributed by atoms with Crippen molar-refractivity contribution in [2.45, 2.75) is 24.8 Å². The zero-order valence-corrected chi connectivity index (χ0v) is 15.6. The van der Waals surface area contributed by atoms with Crippen LogP contribution in [-0.2, 0) is 5.75 Å². The Labute approximate surface area is 159 Å². The van der Waals surface area contributed by atoms with E-state index in [1.165, 1.54) is 23.9 Å². The molecule has 4 aromatic rings. The summed E-state index contributed by atoms with van der Waals surface area (Å²) in [5.74, 6) is 1.05. The van der Waals surface area contributed by atoms with E-state index in [9.17, 15) is 4.39 Å². The number of aryl methyl sites for hydroxylation is 2. The lowest BCUT2D eigenvalue weighted by atomic mass is 10.1. The fourth-order valence-corrected chi connectivity index (χ4v) is 3.39. The quantitative estimate of drug-likeness (QED) is 0.429. The summed E-state index contributed by atoms with van der Waals surface area (Å²) < 4.78 is 24.5. The SMILES string of the molecule is Cc1cc(C)cc(-c2nnc(SCc3coc(-c4cccc(F)c4)n3)o2)c1. The van der Waals surface area contributed by atoms with Crippen LogP contribution < -0.4 is 0 Å². The van der Waals surface area contributed by atoms with Gasteiger partial charge in [-0.2, -0.15) is 0 Å². The largest absolute Gasteiger partial charge is 0.444 e. The molecule has 0 N–H and O–H groups in total. The Hall–Kier alpha value is -2.93. The van der Waals surface area contributed by atoms with Gasteiger partial charge in [-0.15, -0.1) is 10.2 Å². The van der Waals surface area contributed by atoms with E-state index < -0.39 is 0 Å². The Kier molecular flexibility index (Phi) is 4.77. The number of thioether (sulfide) groups is 1. The first kappa shape index (κ1) is 17.5. The molecular formula is C20H16FN3O2S. The highest BCUT2D eigenvalue weighted by molar-refractivity contribution is 7.98. The molecule has 0 saturated carbocycles. The van der Waals surface area contributed by atoms with Gasteiger partial charge in [0.05, 0.1) is 5.69 Å². The monoisotopic (exact) mass is 381 g/mol. The lowest BCUT2D eigenvalue weighted by Gasteiger charge is -2.00. The summed E-state index contributed by atoms with van der Waals surface area (Å²) in [6.45, 7) is 4.06. The van der Waals surface area contributed by atoms with E-state index in [1.807, 2.05) is 26.0 Å². The molecule has 2 aromatic carbocycles. The average Bonchev–Trinajstić information content (AvgIpc) is 3.29. The van der Waals surface area contributed by atoms with Crippen LogP contribution in [0.1, 0.15) is 16.8 Å². The minimum absolute atomic E-state index is 0.327. The van der Waals surface area contributed by atoms with Gasteiger partial charge in [0.15, 0.2) is 0 Å². The number of halogens is 1. The van der Waals surface area contributed by atoms with Gasteiger partial charge in [-0.05, 0) is 44.2 Å². The van der Waals surface area contributed by atoms with Crippen molar-refractivity contribution < 1.29 is 13.2 Å². The van der Waals surface area contributed by atoms with Gasteiger partial charge in [0.2, 0.25) is 11.8 Å². The van der Waals surface area contributed by atoms with Crippen LogP contribution in [0.15, 0.2) is 62.8 Å². The zero-order chi connectivity index (χ0) is 18.8. The third-order valence-corrected chi connectivity index (χ3v) is 4.69. The molecule has 136 valence electrons. The maximum Gasteiger partial charge on any atom is 0.277 e. The van der Waals surface area contributed by atoms with E-state index >= 15 is 0 Å². The highest BCUT2D eigenvalue weighted by Crippen LogP contribution is 2.28. The molecule has 27 heavy (non-hydrogen) atoms. The normalized spacial score (nSPS) is 11.1. The molecule has 0 bridgehead atoms. The average molecular weight is 381 g/mol. The van der Waals surface area contributed by atoms with E-state index in [-0.39, 0.29) is 5.82 Å². The first-order chi connectivity index (χ1) is 13.1. The van der Waals surface area contributed by atoms with Crippen LogP contribution in [0.3, 0.4) is 0 Å². The Morgan fingerprint density at radius 1 is 0.963 bits per heavy atom. The summed E-state index contributed by atoms with van der Waals surface area (Å²) in [5, 5.41) is 8.66. The zero-order valence-electron chi connectivity index (χ0n) is 14.8. The molecule has 0 radical (unpaired) electrons. The van der Waals surface area contributed by atoms with Crippen molar-refractivity contribution in [3.63, 3.8) is 0 Å². The molecule has 0 fully saturated rings. The molecule has 0 unspecified atom stereocenters. The predicted molar refractivity (Wildman–Crippen MR) is 101 cm³/mol. The second-order valence-corrected chi connectivity index (χ2v) is 7.12. The smallest absolute Gasteiger partial charge is 0.277 e. The van der Waals surface area contributed by atoms with Crippen LogP contribution in [0.5, 0.6) is 0 Å². The van der Waals surface area contributed by atoms with Crippen LogP contribution in [0.25, 0.3) is 22.9 Å². The predicted octanol–water partition coefficient (Wildman–Crippen LogP) is 5.44. The number of nitrogens with zero attached hydrogens (tertiary/aromatic N) is 3. The number of oxazole rings is 1. The Morgan fingerprint density at radius 2 is 1.78 bits per heavy atom. The lowest BCUT2D eigenvalue weighted by molar-refractivity contribution is 0.465. The molecule has 0 aliphatic rings. The highest BCUT2D eigenvalue weighted by Gasteiger charge is 2.12. The van der Waals surface area contributed by atoms with Crippen molar-refractivity contribution in [3.05, 3.63) is 71.4 Å². The molecule has 0 amide bonds. The molecule has 4 rings (SSSR count). The minimum atomic E-state index is -0.327. The molecule has 5 nitrogen and oxygen atoms in total. The van der Waals surface area contributed by atoms with Crippen molar-refractivity contribution in [1.82, 2.24) is 15.2 Å². The van der Waals surface area contributed by atoms with Gasteiger partial charge in [-0.25, -0.2) is 9.37 Å². The number of aromatic nitrogens is 3. The summed E-state index contributed by atoms with van der Waals surface area (Å²) >= 11 is 1.37. The summed E-state index contributed by atoms with van der Waals surface area (Å²) in [6.07, 6.45) is 1.55. The fourth-order valence-electron chi connectivity index (χ4n) is 2.75. The summed E-state index contributed by atoms with van der Waals surface area (Å²) in [6, 6.07) is 12.3. The topological polar surface area (TPSA) is 65.0 Å². The van der Waals surface area contributed by atoms with Crippen LogP contribution in [-0.4, -0.2) is 15.2 Å². The van der Waals surface area contributed by atoms with Gasteiger partial charge < -0.3 is 8.83 Å². The molecule has 7 heteroatoms. The lowest BCUT2D eigenvalue weighted by Crippen LogP contribution is -1.83. The number of benzene rings is 2. The highest BCUT2D eigenvalue weighted by atomic mass is 32.2. The van der Waals surface area contributed by atoms with Crippen molar-refractivity contribution in [2.75, 3.05) is 0 Å². The maximum absolute atomic E-state index is 13.3. The van der Waals surface area contributed by atoms with Crippen LogP contribution in [0.4, 0.5) is 4.39 Å². The van der Waals surface area contributed by atoms with Gasteiger partial charge in [-0.1, -0.05) is 35.0 Å². The molecule has 2 heterocycles. The van der Waals surface area contributed by atoms with Crippen molar-refractivity contribution in [1.29, 1.82) is 0 Å². The van der Waals surface area contributed by atoms with E-state index in [0.29, 0.717) is 34.0 Å². The van der Waals surface area contributed by atoms with Crippen LogP contribution >= 0.6 is 11.8 Å². The summed E-state index contributed by atoms with van der Waals surface area (Å²) in [4.78, 5) is 4.38. The number of rotatable bonds is 5. The van der Waals surface area contributed by atoms with Crippen molar-refractivity contribution in [2.24, 2.45) is 0 Å². The molecule has 0 saturated heterocycles. The Balaban J connectivity index is 1.45. The van der Waals surface area contributed by atoms with E-state index in [1.54, 1.807) is 18.4 Å². The van der Waals surface area contributed by atoms with E-state index in [4.69, 9.17) is 8.83 Å². The third kappa shape index (κ3) is 4.09. The standard InChI is InChI=1S/C20H16FN3O2S/c1-12-6-13(2)8-15(7-12)19-23-24-20(26-19)27-11-17-10-25-18(22-17)14-4-3-5-16(21)9-14/h3-10H,11H2,1-2H3. The number of hydrogen-bond donors (Lipinski definition) is 0. The maximum atomic E-state index is 13.3. The third-order valence-electron chi connectivity index (χ3n) is 3.84. The van der Waals surface area contributed by atoms with E-state index in [2.05, 4.69) is 21.2 Å². The molecule has 2 aromatic heterocycles. The van der Waals surface area contributed by atoms with Gasteiger partial charge in [0.25, 0.3) is 5.22 Å². The van der Waals surface area contributed by atoms with Crippen LogP contribution in [0, 0.1) is 19.7 Å². The molecule has 0 spiro atoms. The molecule has 0 atom stereocenters. The van der Waals surface area contributed by atoms with Crippen molar-refractivity contribution >= 4 is 11.8 Å². The Bertz CT molecular complexity index is 1070. The van der Waals surface area contributed by atoms with E-state index in [0.717, 1.165) is 16.7 Å². The number of hydrogen-bond acceptors (Lipinski definition) is 6. The molecule has 0 aliphatic carbocycles. The minimum Gasteiger partial charge on any atom is -0.444 e. The summed E-state index contributed by atoms with van der Waals surface area (Å²) in [5.41, 5.74) is 4.50. The van der Waals surface area contributed by atoms with Gasteiger partial charge >= 0.3 is 0 Å². The van der Waals surface area contributed by atoms with Gasteiger partial charge in [-0.3, -0.25) is 0 Å². The fraction of sp³-hybridized carbons (Fsp3) is 0.150. The van der Waals surface area contributed by atoms with Crippen LogP contribution in [0.2, 0.25) is 0 Å². The second kappa shape index (κ2) is 7.36. The van der Waals surface area contributed by atoms with Gasteiger partial charge in [0, 0.05) is 16.9 Å². The molecule has 0 aliphatic heterocycles. The summed E-state index contributed by atoms with van der Waals surface area (Å²) in [7, 11) is 0. The first-order valence-electron chi connectivity index (χ1n) is 8.32. The Morgan fingerprint density at radius 3 is 2.56 bits per heavy atom.